The normalized spacial score (nSPS) is 34.6. The van der Waals surface area contributed by atoms with E-state index in [4.69, 9.17) is 0 Å². The number of aromatic nitrogens is 1. The largest absolute Gasteiger partial charge is 0.504 e. The van der Waals surface area contributed by atoms with Crippen molar-refractivity contribution in [2.24, 2.45) is 23.2 Å². The average Bonchev–Trinajstić information content (AvgIpc) is 2.49. The summed E-state index contributed by atoms with van der Waals surface area (Å²) < 4.78 is 0. The lowest BCUT2D eigenvalue weighted by Gasteiger charge is -2.55. The number of hydrogen-bond acceptors (Lipinski definition) is 3. The second-order valence-corrected chi connectivity index (χ2v) is 8.11. The molecule has 4 aliphatic carbocycles. The van der Waals surface area contributed by atoms with Crippen LogP contribution < -0.4 is 5.32 Å². The van der Waals surface area contributed by atoms with E-state index in [1.165, 1.54) is 19.3 Å². The Kier molecular flexibility index (Phi) is 3.40. The van der Waals surface area contributed by atoms with Gasteiger partial charge in [0.15, 0.2) is 5.75 Å². The summed E-state index contributed by atoms with van der Waals surface area (Å²) in [6, 6.07) is 1.78. The van der Waals surface area contributed by atoms with Gasteiger partial charge < -0.3 is 10.4 Å². The van der Waals surface area contributed by atoms with Crippen LogP contribution in [0.4, 0.5) is 5.69 Å². The van der Waals surface area contributed by atoms with Crippen LogP contribution in [-0.2, 0) is 11.2 Å². The molecule has 23 heavy (non-hydrogen) atoms. The molecule has 0 aromatic carbocycles. The van der Waals surface area contributed by atoms with Gasteiger partial charge in [0.2, 0.25) is 5.91 Å². The number of pyridine rings is 1. The maximum Gasteiger partial charge on any atom is 0.230 e. The van der Waals surface area contributed by atoms with Crippen LogP contribution in [0.1, 0.15) is 56.8 Å². The van der Waals surface area contributed by atoms with Crippen LogP contribution in [0.15, 0.2) is 6.07 Å². The number of aromatic hydroxyl groups is 1. The minimum absolute atomic E-state index is 0.125. The van der Waals surface area contributed by atoms with Gasteiger partial charge in [-0.2, -0.15) is 0 Å². The summed E-state index contributed by atoms with van der Waals surface area (Å²) >= 11 is 0. The van der Waals surface area contributed by atoms with Crippen molar-refractivity contribution in [3.8, 4) is 5.75 Å². The van der Waals surface area contributed by atoms with Gasteiger partial charge in [-0.05, 0) is 75.7 Å². The first-order valence-corrected chi connectivity index (χ1v) is 9.00. The van der Waals surface area contributed by atoms with Gasteiger partial charge in [0, 0.05) is 5.69 Å². The fourth-order valence-corrected chi connectivity index (χ4v) is 5.72. The number of carbonyl (C=O) groups excluding carboxylic acids is 1. The molecule has 0 radical (unpaired) electrons. The molecule has 4 fully saturated rings. The van der Waals surface area contributed by atoms with E-state index in [-0.39, 0.29) is 17.1 Å². The zero-order chi connectivity index (χ0) is 16.2. The second-order valence-electron chi connectivity index (χ2n) is 8.11. The molecular weight excluding hydrogens is 288 g/mol. The number of amides is 1. The van der Waals surface area contributed by atoms with Crippen LogP contribution in [0.25, 0.3) is 0 Å². The van der Waals surface area contributed by atoms with E-state index in [2.05, 4.69) is 10.3 Å². The summed E-state index contributed by atoms with van der Waals surface area (Å²) in [5.74, 6) is 2.48. The van der Waals surface area contributed by atoms with Gasteiger partial charge in [-0.3, -0.25) is 9.78 Å². The van der Waals surface area contributed by atoms with Crippen molar-refractivity contribution in [2.75, 3.05) is 5.32 Å². The molecule has 4 aliphatic rings. The summed E-state index contributed by atoms with van der Waals surface area (Å²) in [5, 5.41) is 13.4. The number of carbonyl (C=O) groups is 1. The quantitative estimate of drug-likeness (QED) is 0.891. The summed E-state index contributed by atoms with van der Waals surface area (Å²) in [7, 11) is 0. The SMILES string of the molecule is CCc1nc(C)cc(NC(=O)C23CC4CC(CC(C4)C2)C3)c1O. The lowest BCUT2D eigenvalue weighted by molar-refractivity contribution is -0.140. The molecule has 0 atom stereocenters. The molecule has 4 heteroatoms. The molecule has 1 aromatic rings. The van der Waals surface area contributed by atoms with Crippen molar-refractivity contribution >= 4 is 11.6 Å². The van der Waals surface area contributed by atoms with Gasteiger partial charge in [0.05, 0.1) is 16.8 Å². The molecule has 4 nitrogen and oxygen atoms in total. The van der Waals surface area contributed by atoms with E-state index in [1.54, 1.807) is 6.07 Å². The van der Waals surface area contributed by atoms with Gasteiger partial charge in [0.1, 0.15) is 0 Å². The lowest BCUT2D eigenvalue weighted by Crippen LogP contribution is -2.51. The molecule has 0 aliphatic heterocycles. The molecule has 0 unspecified atom stereocenters. The van der Waals surface area contributed by atoms with Crippen LogP contribution in [-0.4, -0.2) is 16.0 Å². The van der Waals surface area contributed by atoms with Gasteiger partial charge in [0.25, 0.3) is 0 Å². The van der Waals surface area contributed by atoms with Gasteiger partial charge in [-0.25, -0.2) is 0 Å². The predicted octanol–water partition coefficient (Wildman–Crippen LogP) is 3.81. The average molecular weight is 314 g/mol. The Morgan fingerprint density at radius 3 is 2.35 bits per heavy atom. The van der Waals surface area contributed by atoms with Crippen molar-refractivity contribution in [1.29, 1.82) is 0 Å². The van der Waals surface area contributed by atoms with Crippen molar-refractivity contribution in [3.05, 3.63) is 17.5 Å². The zero-order valence-electron chi connectivity index (χ0n) is 14.1. The minimum atomic E-state index is -0.190. The topological polar surface area (TPSA) is 62.2 Å². The van der Waals surface area contributed by atoms with Crippen LogP contribution in [0, 0.1) is 30.1 Å². The number of aryl methyl sites for hydroxylation is 2. The van der Waals surface area contributed by atoms with Crippen LogP contribution in [0.3, 0.4) is 0 Å². The molecule has 0 spiro atoms. The van der Waals surface area contributed by atoms with Crippen LogP contribution in [0.2, 0.25) is 0 Å². The first-order chi connectivity index (χ1) is 11.0. The third-order valence-electron chi connectivity index (χ3n) is 6.30. The first-order valence-electron chi connectivity index (χ1n) is 9.00. The number of anilines is 1. The molecule has 1 heterocycles. The Labute approximate surface area is 137 Å². The highest BCUT2D eigenvalue weighted by molar-refractivity contribution is 5.97. The fourth-order valence-electron chi connectivity index (χ4n) is 5.72. The van der Waals surface area contributed by atoms with Crippen LogP contribution in [0.5, 0.6) is 5.75 Å². The Morgan fingerprint density at radius 1 is 1.26 bits per heavy atom. The molecule has 5 rings (SSSR count). The molecule has 0 saturated heterocycles. The summed E-state index contributed by atoms with van der Waals surface area (Å²) in [4.78, 5) is 17.4. The molecule has 2 N–H and O–H groups in total. The molecule has 1 amide bonds. The first kappa shape index (κ1) is 15.0. The maximum absolute atomic E-state index is 13.1. The standard InChI is InChI=1S/C19H26N2O2/c1-3-15-17(22)16(4-11(2)20-15)21-18(23)19-8-12-5-13(9-19)7-14(6-12)10-19/h4,12-14,22H,3,5-10H2,1-2H3,(H,20,21,23). The van der Waals surface area contributed by atoms with E-state index < -0.39 is 0 Å². The molecular formula is C19H26N2O2. The number of rotatable bonds is 3. The third kappa shape index (κ3) is 2.43. The molecule has 4 saturated carbocycles. The van der Waals surface area contributed by atoms with Crippen molar-refractivity contribution in [2.45, 2.75) is 58.8 Å². The highest BCUT2D eigenvalue weighted by Gasteiger charge is 2.54. The number of nitrogens with one attached hydrogen (secondary N) is 1. The number of nitrogens with zero attached hydrogens (tertiary/aromatic N) is 1. The van der Waals surface area contributed by atoms with Crippen molar-refractivity contribution < 1.29 is 9.90 Å². The third-order valence-corrected chi connectivity index (χ3v) is 6.30. The summed E-state index contributed by atoms with van der Waals surface area (Å²) in [6.45, 7) is 3.87. The summed E-state index contributed by atoms with van der Waals surface area (Å²) in [6.07, 6.45) is 7.75. The van der Waals surface area contributed by atoms with Gasteiger partial charge in [-0.15, -0.1) is 0 Å². The molecule has 1 aromatic heterocycles. The minimum Gasteiger partial charge on any atom is -0.504 e. The van der Waals surface area contributed by atoms with Crippen LogP contribution >= 0.6 is 0 Å². The zero-order valence-corrected chi connectivity index (χ0v) is 14.1. The monoisotopic (exact) mass is 314 g/mol. The van der Waals surface area contributed by atoms with Crippen molar-refractivity contribution in [3.63, 3.8) is 0 Å². The maximum atomic E-state index is 13.1. The van der Waals surface area contributed by atoms with E-state index in [0.717, 1.165) is 42.7 Å². The molecule has 124 valence electrons. The lowest BCUT2D eigenvalue weighted by atomic mass is 9.49. The Morgan fingerprint density at radius 2 is 1.83 bits per heavy atom. The predicted molar refractivity (Wildman–Crippen MR) is 89.3 cm³/mol. The van der Waals surface area contributed by atoms with E-state index >= 15 is 0 Å². The fraction of sp³-hybridized carbons (Fsp3) is 0.684. The summed E-state index contributed by atoms with van der Waals surface area (Å²) in [5.41, 5.74) is 1.84. The highest BCUT2D eigenvalue weighted by atomic mass is 16.3. The van der Waals surface area contributed by atoms with E-state index in [1.807, 2.05) is 13.8 Å². The Balaban J connectivity index is 1.60. The van der Waals surface area contributed by atoms with Gasteiger partial charge in [-0.1, -0.05) is 6.92 Å². The highest BCUT2D eigenvalue weighted by Crippen LogP contribution is 2.60. The Hall–Kier alpha value is -1.58. The van der Waals surface area contributed by atoms with Gasteiger partial charge >= 0.3 is 0 Å². The smallest absolute Gasteiger partial charge is 0.230 e. The number of hydrogen-bond donors (Lipinski definition) is 2. The van der Waals surface area contributed by atoms with E-state index in [9.17, 15) is 9.90 Å². The van der Waals surface area contributed by atoms with E-state index in [0.29, 0.717) is 17.8 Å². The second kappa shape index (κ2) is 5.22. The van der Waals surface area contributed by atoms with Crippen molar-refractivity contribution in [1.82, 2.24) is 4.98 Å². The Bertz CT molecular complexity index is 618. The molecule has 4 bridgehead atoms.